The number of thiocarbonyl (C=S) groups is 1. The second kappa shape index (κ2) is 8.41. The molecule has 0 aliphatic carbocycles. The molecule has 1 aliphatic rings. The van der Waals surface area contributed by atoms with Gasteiger partial charge in [-0.3, -0.25) is 0 Å². The number of benzene rings is 2. The second-order valence-electron chi connectivity index (χ2n) is 5.88. The van der Waals surface area contributed by atoms with Gasteiger partial charge in [0.25, 0.3) is 0 Å². The van der Waals surface area contributed by atoms with Gasteiger partial charge in [0.05, 0.1) is 6.54 Å². The maximum absolute atomic E-state index is 6.05. The van der Waals surface area contributed by atoms with E-state index in [2.05, 4.69) is 17.1 Å². The summed E-state index contributed by atoms with van der Waals surface area (Å²) < 4.78 is 11.8. The highest BCUT2D eigenvalue weighted by molar-refractivity contribution is 7.80. The van der Waals surface area contributed by atoms with Gasteiger partial charge in [-0.15, -0.1) is 0 Å². The van der Waals surface area contributed by atoms with Crippen molar-refractivity contribution in [1.29, 1.82) is 0 Å². The number of ether oxygens (including phenoxy) is 2. The van der Waals surface area contributed by atoms with Crippen LogP contribution in [0.15, 0.2) is 48.5 Å². The fourth-order valence-electron chi connectivity index (χ4n) is 2.68. The summed E-state index contributed by atoms with van der Waals surface area (Å²) in [6.07, 6.45) is 0.929. The van der Waals surface area contributed by atoms with Crippen molar-refractivity contribution >= 4 is 34.6 Å². The highest BCUT2D eigenvalue weighted by atomic mass is 35.5. The van der Waals surface area contributed by atoms with E-state index >= 15 is 0 Å². The Balaban J connectivity index is 1.63. The third-order valence-electron chi connectivity index (χ3n) is 3.87. The number of rotatable bonds is 5. The molecule has 0 aromatic heterocycles. The first-order valence-electron chi connectivity index (χ1n) is 8.35. The van der Waals surface area contributed by atoms with Gasteiger partial charge in [0, 0.05) is 17.3 Å². The molecule has 2 aromatic rings. The SMILES string of the molecule is CCCN(C[C@@H]1COc2ccccc2O1)C(=S)Nc1ccc(Cl)cc1. The third kappa shape index (κ3) is 4.77. The lowest BCUT2D eigenvalue weighted by Gasteiger charge is -2.32. The molecule has 3 rings (SSSR count). The minimum Gasteiger partial charge on any atom is -0.486 e. The Labute approximate surface area is 158 Å². The number of para-hydroxylation sites is 2. The highest BCUT2D eigenvalue weighted by Crippen LogP contribution is 2.31. The maximum atomic E-state index is 6.05. The Hall–Kier alpha value is -1.98. The first-order chi connectivity index (χ1) is 12.2. The summed E-state index contributed by atoms with van der Waals surface area (Å²) in [7, 11) is 0. The number of anilines is 1. The fourth-order valence-corrected chi connectivity index (χ4v) is 3.09. The minimum absolute atomic E-state index is 0.0635. The molecule has 1 atom stereocenters. The standard InChI is InChI=1S/C19H21ClN2O2S/c1-2-11-22(19(25)21-15-9-7-14(20)8-10-15)12-16-13-23-17-5-3-4-6-18(17)24-16/h3-10,16H,2,11-13H2,1H3,(H,21,25)/t16-/m1/s1. The second-order valence-corrected chi connectivity index (χ2v) is 6.70. The van der Waals surface area contributed by atoms with E-state index in [-0.39, 0.29) is 6.10 Å². The zero-order valence-electron chi connectivity index (χ0n) is 14.1. The van der Waals surface area contributed by atoms with Crippen LogP contribution in [0.3, 0.4) is 0 Å². The van der Waals surface area contributed by atoms with Crippen molar-refractivity contribution in [2.45, 2.75) is 19.4 Å². The molecule has 0 bridgehead atoms. The Bertz CT molecular complexity index is 724. The molecule has 0 unspecified atom stereocenters. The number of halogens is 1. The topological polar surface area (TPSA) is 33.7 Å². The van der Waals surface area contributed by atoms with Gasteiger partial charge < -0.3 is 19.7 Å². The monoisotopic (exact) mass is 376 g/mol. The van der Waals surface area contributed by atoms with Crippen LogP contribution in [0.25, 0.3) is 0 Å². The van der Waals surface area contributed by atoms with Crippen molar-refractivity contribution in [2.24, 2.45) is 0 Å². The minimum atomic E-state index is -0.0635. The van der Waals surface area contributed by atoms with Gasteiger partial charge in [-0.05, 0) is 55.0 Å². The molecule has 4 nitrogen and oxygen atoms in total. The van der Waals surface area contributed by atoms with E-state index in [4.69, 9.17) is 33.3 Å². The molecule has 1 aliphatic heterocycles. The number of nitrogens with zero attached hydrogens (tertiary/aromatic N) is 1. The predicted octanol–water partition coefficient (Wildman–Crippen LogP) is 4.59. The van der Waals surface area contributed by atoms with Crippen LogP contribution in [-0.2, 0) is 0 Å². The third-order valence-corrected chi connectivity index (χ3v) is 4.48. The van der Waals surface area contributed by atoms with Crippen molar-refractivity contribution < 1.29 is 9.47 Å². The van der Waals surface area contributed by atoms with E-state index in [9.17, 15) is 0 Å². The van der Waals surface area contributed by atoms with Gasteiger partial charge in [-0.25, -0.2) is 0 Å². The van der Waals surface area contributed by atoms with E-state index < -0.39 is 0 Å². The van der Waals surface area contributed by atoms with Crippen molar-refractivity contribution in [3.05, 3.63) is 53.6 Å². The van der Waals surface area contributed by atoms with Crippen LogP contribution in [0.4, 0.5) is 5.69 Å². The lowest BCUT2D eigenvalue weighted by atomic mass is 10.2. The average molecular weight is 377 g/mol. The molecule has 0 saturated carbocycles. The van der Waals surface area contributed by atoms with Gasteiger partial charge in [0.1, 0.15) is 6.61 Å². The zero-order chi connectivity index (χ0) is 17.6. The van der Waals surface area contributed by atoms with Crippen LogP contribution in [-0.4, -0.2) is 35.8 Å². The van der Waals surface area contributed by atoms with E-state index in [1.54, 1.807) is 0 Å². The van der Waals surface area contributed by atoms with Crippen LogP contribution in [0, 0.1) is 0 Å². The molecule has 132 valence electrons. The summed E-state index contributed by atoms with van der Waals surface area (Å²) in [5.74, 6) is 1.58. The van der Waals surface area contributed by atoms with Crippen molar-refractivity contribution in [3.63, 3.8) is 0 Å². The molecule has 0 spiro atoms. The molecule has 6 heteroatoms. The zero-order valence-corrected chi connectivity index (χ0v) is 15.6. The van der Waals surface area contributed by atoms with E-state index in [1.807, 2.05) is 48.5 Å². The molecule has 0 saturated heterocycles. The summed E-state index contributed by atoms with van der Waals surface area (Å²) in [5, 5.41) is 4.64. The summed E-state index contributed by atoms with van der Waals surface area (Å²) in [6, 6.07) is 15.2. The van der Waals surface area contributed by atoms with E-state index in [0.717, 1.165) is 30.2 Å². The number of nitrogens with one attached hydrogen (secondary N) is 1. The lowest BCUT2D eigenvalue weighted by Crippen LogP contribution is -2.45. The molecular formula is C19H21ClN2O2S. The molecule has 0 radical (unpaired) electrons. The lowest BCUT2D eigenvalue weighted by molar-refractivity contribution is 0.0746. The summed E-state index contributed by atoms with van der Waals surface area (Å²) >= 11 is 11.5. The van der Waals surface area contributed by atoms with Crippen molar-refractivity contribution in [1.82, 2.24) is 4.90 Å². The molecule has 0 fully saturated rings. The van der Waals surface area contributed by atoms with E-state index in [1.165, 1.54) is 0 Å². The van der Waals surface area contributed by atoms with Crippen LogP contribution in [0.2, 0.25) is 5.02 Å². The van der Waals surface area contributed by atoms with E-state index in [0.29, 0.717) is 23.3 Å². The van der Waals surface area contributed by atoms with Crippen LogP contribution in [0.5, 0.6) is 11.5 Å². The van der Waals surface area contributed by atoms with Gasteiger partial charge >= 0.3 is 0 Å². The number of hydrogen-bond acceptors (Lipinski definition) is 3. The molecule has 1 heterocycles. The van der Waals surface area contributed by atoms with Crippen LogP contribution < -0.4 is 14.8 Å². The molecule has 1 N–H and O–H groups in total. The first-order valence-corrected chi connectivity index (χ1v) is 9.14. The van der Waals surface area contributed by atoms with Crippen molar-refractivity contribution in [3.8, 4) is 11.5 Å². The van der Waals surface area contributed by atoms with Gasteiger partial charge in [0.15, 0.2) is 22.7 Å². The Morgan fingerprint density at radius 1 is 1.20 bits per heavy atom. The quantitative estimate of drug-likeness (QED) is 0.772. The normalized spacial score (nSPS) is 15.5. The van der Waals surface area contributed by atoms with Crippen LogP contribution >= 0.6 is 23.8 Å². The van der Waals surface area contributed by atoms with Gasteiger partial charge in [-0.1, -0.05) is 30.7 Å². The smallest absolute Gasteiger partial charge is 0.173 e. The Morgan fingerprint density at radius 3 is 2.64 bits per heavy atom. The van der Waals surface area contributed by atoms with Crippen molar-refractivity contribution in [2.75, 3.05) is 25.0 Å². The number of fused-ring (bicyclic) bond motifs is 1. The molecule has 0 amide bonds. The summed E-state index contributed by atoms with van der Waals surface area (Å²) in [4.78, 5) is 2.12. The van der Waals surface area contributed by atoms with Gasteiger partial charge in [-0.2, -0.15) is 0 Å². The Morgan fingerprint density at radius 2 is 1.92 bits per heavy atom. The largest absolute Gasteiger partial charge is 0.486 e. The first kappa shape index (κ1) is 17.8. The summed E-state index contributed by atoms with van der Waals surface area (Å²) in [5.41, 5.74) is 0.918. The average Bonchev–Trinajstić information content (AvgIpc) is 2.63. The number of hydrogen-bond donors (Lipinski definition) is 1. The fraction of sp³-hybridized carbons (Fsp3) is 0.316. The molecular weight excluding hydrogens is 356 g/mol. The summed E-state index contributed by atoms with van der Waals surface area (Å²) in [6.45, 7) is 4.16. The maximum Gasteiger partial charge on any atom is 0.173 e. The van der Waals surface area contributed by atoms with Gasteiger partial charge in [0.2, 0.25) is 0 Å². The van der Waals surface area contributed by atoms with Crippen LogP contribution in [0.1, 0.15) is 13.3 Å². The molecule has 25 heavy (non-hydrogen) atoms. The Kier molecular flexibility index (Phi) is 6.00. The highest BCUT2D eigenvalue weighted by Gasteiger charge is 2.24. The predicted molar refractivity (Wildman–Crippen MR) is 106 cm³/mol. The molecule has 2 aromatic carbocycles.